The smallest absolute Gasteiger partial charge is 0.382 e. The van der Waals surface area contributed by atoms with Crippen molar-refractivity contribution in [1.29, 1.82) is 16.2 Å². The number of alkyl halides is 3. The summed E-state index contributed by atoms with van der Waals surface area (Å²) in [5.41, 5.74) is 13.8. The van der Waals surface area contributed by atoms with Crippen molar-refractivity contribution in [3.05, 3.63) is 77.1 Å². The van der Waals surface area contributed by atoms with Gasteiger partial charge in [0.15, 0.2) is 0 Å². The van der Waals surface area contributed by atoms with Crippen molar-refractivity contribution in [2.45, 2.75) is 25.4 Å². The molecule has 0 aliphatic heterocycles. The van der Waals surface area contributed by atoms with Gasteiger partial charge < -0.3 is 16.0 Å². The van der Waals surface area contributed by atoms with E-state index in [-0.39, 0.29) is 39.5 Å². The monoisotopic (exact) mass is 485 g/mol. The predicted molar refractivity (Wildman–Crippen MR) is 119 cm³/mol. The quantitative estimate of drug-likeness (QED) is 0.127. The molecule has 0 amide bonds. The number of benzene rings is 1. The largest absolute Gasteiger partial charge is 0.451 e. The minimum Gasteiger partial charge on any atom is -0.382 e. The highest BCUT2D eigenvalue weighted by atomic mass is 19.4. The van der Waals surface area contributed by atoms with Crippen molar-refractivity contribution in [3.8, 4) is 17.2 Å². The number of nitrogens with one attached hydrogen (secondary N) is 4. The molecule has 0 aliphatic carbocycles. The molecule has 180 valence electrons. The van der Waals surface area contributed by atoms with Gasteiger partial charge in [-0.25, -0.2) is 19.9 Å². The second-order valence-electron chi connectivity index (χ2n) is 7.25. The standard InChI is InChI=1S/C22H19F4N9/c1-2-12(16(35-30)10-31-15-6-4-3-5-14(15)23)18-13(7-27)17(19(34-18)20(28)29)11-8-32-21(33-9-11)22(24,25)26/h3-6,8-10,12,30-31,34H,2H2,1H3,(H3,28,29)/b16-10-,35-30?. The first kappa shape index (κ1) is 25.0. The third-order valence-electron chi connectivity index (χ3n) is 5.10. The molecule has 6 N–H and O–H groups in total. The Morgan fingerprint density at radius 1 is 1.31 bits per heavy atom. The van der Waals surface area contributed by atoms with Crippen LogP contribution in [0.25, 0.3) is 11.1 Å². The fourth-order valence-corrected chi connectivity index (χ4v) is 3.49. The second-order valence-corrected chi connectivity index (χ2v) is 7.25. The number of nitrogens with zero attached hydrogens (tertiary/aromatic N) is 4. The molecular formula is C22H19F4N9. The van der Waals surface area contributed by atoms with Crippen LogP contribution in [0.5, 0.6) is 0 Å². The summed E-state index contributed by atoms with van der Waals surface area (Å²) in [5.74, 6) is -3.06. The van der Waals surface area contributed by atoms with Gasteiger partial charge in [-0.15, -0.1) is 0 Å². The summed E-state index contributed by atoms with van der Waals surface area (Å²) >= 11 is 0. The molecule has 0 spiro atoms. The van der Waals surface area contributed by atoms with Gasteiger partial charge in [-0.2, -0.15) is 23.5 Å². The van der Waals surface area contributed by atoms with Crippen LogP contribution < -0.4 is 11.1 Å². The first-order valence-corrected chi connectivity index (χ1v) is 10.1. The molecule has 35 heavy (non-hydrogen) atoms. The summed E-state index contributed by atoms with van der Waals surface area (Å²) in [6, 6.07) is 7.86. The van der Waals surface area contributed by atoms with E-state index in [0.29, 0.717) is 6.42 Å². The summed E-state index contributed by atoms with van der Waals surface area (Å²) < 4.78 is 52.6. The molecule has 1 aromatic carbocycles. The average molecular weight is 485 g/mol. The number of anilines is 1. The Bertz CT molecular complexity index is 1320. The molecule has 0 saturated heterocycles. The number of allylic oxidation sites excluding steroid dienone is 1. The van der Waals surface area contributed by atoms with E-state index >= 15 is 0 Å². The number of rotatable bonds is 8. The van der Waals surface area contributed by atoms with Crippen LogP contribution in [0.1, 0.15) is 42.0 Å². The number of hydrogen-bond acceptors (Lipinski definition) is 7. The number of para-hydroxylation sites is 1. The van der Waals surface area contributed by atoms with E-state index in [9.17, 15) is 22.8 Å². The Morgan fingerprint density at radius 3 is 2.49 bits per heavy atom. The van der Waals surface area contributed by atoms with Gasteiger partial charge in [0.25, 0.3) is 0 Å². The molecule has 13 heteroatoms. The zero-order valence-corrected chi connectivity index (χ0v) is 18.2. The minimum absolute atomic E-state index is 0.0224. The van der Waals surface area contributed by atoms with Crippen LogP contribution in [-0.4, -0.2) is 20.8 Å². The number of halogens is 4. The number of aromatic nitrogens is 3. The number of amidine groups is 1. The minimum atomic E-state index is -4.75. The number of nitrogen functional groups attached to an aromatic ring is 1. The van der Waals surface area contributed by atoms with Crippen molar-refractivity contribution >= 4 is 11.5 Å². The Hall–Kier alpha value is -4.60. The Kier molecular flexibility index (Phi) is 7.24. The van der Waals surface area contributed by atoms with Crippen LogP contribution in [0.4, 0.5) is 23.2 Å². The maximum atomic E-state index is 14.0. The molecule has 1 atom stereocenters. The molecule has 3 aromatic rings. The van der Waals surface area contributed by atoms with Crippen LogP contribution in [-0.2, 0) is 6.18 Å². The summed E-state index contributed by atoms with van der Waals surface area (Å²) in [5, 5.41) is 24.1. The van der Waals surface area contributed by atoms with E-state index in [1.165, 1.54) is 24.4 Å². The van der Waals surface area contributed by atoms with Gasteiger partial charge in [-0.1, -0.05) is 19.1 Å². The molecule has 2 aromatic heterocycles. The molecular weight excluding hydrogens is 466 g/mol. The molecule has 0 fully saturated rings. The molecule has 2 heterocycles. The first-order valence-electron chi connectivity index (χ1n) is 10.1. The Morgan fingerprint density at radius 2 is 1.97 bits per heavy atom. The maximum Gasteiger partial charge on any atom is 0.451 e. The van der Waals surface area contributed by atoms with Crippen molar-refractivity contribution in [3.63, 3.8) is 0 Å². The topological polar surface area (TPSA) is 163 Å². The van der Waals surface area contributed by atoms with Gasteiger partial charge in [0.05, 0.1) is 22.6 Å². The maximum absolute atomic E-state index is 14.0. The van der Waals surface area contributed by atoms with E-state index in [2.05, 4.69) is 25.4 Å². The SMILES string of the molecule is CCC(/C(=C/Nc1ccccc1F)N=N)c1[nH]c(C(=N)N)c(-c2cnc(C(F)(F)F)nc2)c1C#N. The van der Waals surface area contributed by atoms with Crippen LogP contribution in [0, 0.1) is 28.1 Å². The molecule has 9 nitrogen and oxygen atoms in total. The van der Waals surface area contributed by atoms with Gasteiger partial charge in [0, 0.05) is 41.3 Å². The molecule has 0 aliphatic rings. The molecule has 0 radical (unpaired) electrons. The highest BCUT2D eigenvalue weighted by Gasteiger charge is 2.35. The van der Waals surface area contributed by atoms with Gasteiger partial charge in [-0.05, 0) is 18.6 Å². The lowest BCUT2D eigenvalue weighted by atomic mass is 9.93. The normalized spacial score (nSPS) is 12.6. The lowest BCUT2D eigenvalue weighted by Gasteiger charge is -2.15. The highest BCUT2D eigenvalue weighted by Crippen LogP contribution is 2.38. The van der Waals surface area contributed by atoms with Crippen molar-refractivity contribution in [2.75, 3.05) is 5.32 Å². The molecule has 0 saturated carbocycles. The summed E-state index contributed by atoms with van der Waals surface area (Å²) in [4.78, 5) is 9.53. The number of hydrogen-bond donors (Lipinski definition) is 5. The van der Waals surface area contributed by atoms with Crippen LogP contribution in [0.2, 0.25) is 0 Å². The Balaban J connectivity index is 2.12. The summed E-state index contributed by atoms with van der Waals surface area (Å²) in [6.45, 7) is 1.75. The summed E-state index contributed by atoms with van der Waals surface area (Å²) in [7, 11) is 0. The number of H-pyrrole nitrogens is 1. The fourth-order valence-electron chi connectivity index (χ4n) is 3.49. The van der Waals surface area contributed by atoms with Gasteiger partial charge in [-0.3, -0.25) is 5.41 Å². The van der Waals surface area contributed by atoms with Crippen molar-refractivity contribution < 1.29 is 17.6 Å². The zero-order valence-electron chi connectivity index (χ0n) is 18.2. The van der Waals surface area contributed by atoms with E-state index in [4.69, 9.17) is 16.7 Å². The highest BCUT2D eigenvalue weighted by molar-refractivity contribution is 6.01. The summed E-state index contributed by atoms with van der Waals surface area (Å²) in [6.07, 6.45) is -1.33. The molecule has 0 bridgehead atoms. The van der Waals surface area contributed by atoms with E-state index in [1.54, 1.807) is 13.0 Å². The fraction of sp³-hybridized carbons (Fsp3) is 0.182. The van der Waals surface area contributed by atoms with E-state index < -0.39 is 29.6 Å². The number of nitriles is 1. The van der Waals surface area contributed by atoms with Crippen LogP contribution in [0.3, 0.4) is 0 Å². The first-order chi connectivity index (χ1) is 16.6. The van der Waals surface area contributed by atoms with Gasteiger partial charge in [0.2, 0.25) is 5.82 Å². The lowest BCUT2D eigenvalue weighted by molar-refractivity contribution is -0.144. The van der Waals surface area contributed by atoms with Crippen LogP contribution in [0.15, 0.2) is 53.7 Å². The van der Waals surface area contributed by atoms with Crippen molar-refractivity contribution in [2.24, 2.45) is 10.8 Å². The number of nitrogens with two attached hydrogens (primary N) is 1. The van der Waals surface area contributed by atoms with E-state index in [1.807, 2.05) is 6.07 Å². The van der Waals surface area contributed by atoms with Gasteiger partial charge >= 0.3 is 6.18 Å². The zero-order chi connectivity index (χ0) is 25.8. The molecule has 3 rings (SSSR count). The third-order valence-corrected chi connectivity index (χ3v) is 5.10. The third kappa shape index (κ3) is 5.16. The van der Waals surface area contributed by atoms with Crippen molar-refractivity contribution in [1.82, 2.24) is 15.0 Å². The van der Waals surface area contributed by atoms with E-state index in [0.717, 1.165) is 12.4 Å². The predicted octanol–water partition coefficient (Wildman–Crippen LogP) is 5.26. The molecule has 1 unspecified atom stereocenters. The number of aromatic amines is 1. The van der Waals surface area contributed by atoms with Gasteiger partial charge in [0.1, 0.15) is 17.7 Å². The lowest BCUT2D eigenvalue weighted by Crippen LogP contribution is -2.14. The van der Waals surface area contributed by atoms with Crippen LogP contribution >= 0.6 is 0 Å². The average Bonchev–Trinajstić information content (AvgIpc) is 3.21. The Labute approximate surface area is 196 Å². The second kappa shape index (κ2) is 10.1.